The number of carbonyl (C=O) groups is 2. The van der Waals surface area contributed by atoms with Crippen molar-refractivity contribution in [2.45, 2.75) is 33.1 Å². The van der Waals surface area contributed by atoms with Gasteiger partial charge in [-0.25, -0.2) is 0 Å². The van der Waals surface area contributed by atoms with Gasteiger partial charge in [0.15, 0.2) is 0 Å². The molecule has 16 heavy (non-hydrogen) atoms. The van der Waals surface area contributed by atoms with Crippen molar-refractivity contribution in [3.63, 3.8) is 0 Å². The van der Waals surface area contributed by atoms with E-state index in [2.05, 4.69) is 10.6 Å². The molecule has 0 radical (unpaired) electrons. The molecule has 0 aliphatic heterocycles. The molecule has 0 aliphatic rings. The van der Waals surface area contributed by atoms with Crippen molar-refractivity contribution in [1.29, 1.82) is 0 Å². The van der Waals surface area contributed by atoms with Gasteiger partial charge < -0.3 is 15.7 Å². The molecule has 0 aromatic rings. The first-order valence-corrected chi connectivity index (χ1v) is 5.82. The third-order valence-electron chi connectivity index (χ3n) is 2.31. The average Bonchev–Trinajstić information content (AvgIpc) is 2.24. The smallest absolute Gasteiger partial charge is 0.308 e. The number of amides is 1. The lowest BCUT2D eigenvalue weighted by Crippen LogP contribution is -2.34. The maximum absolute atomic E-state index is 11.3. The van der Waals surface area contributed by atoms with Crippen LogP contribution in [0.3, 0.4) is 0 Å². The number of hydrogen-bond donors (Lipinski definition) is 3. The Balaban J connectivity index is 3.74. The second-order valence-electron chi connectivity index (χ2n) is 3.73. The fraction of sp³-hybridized carbons (Fsp3) is 0.818. The van der Waals surface area contributed by atoms with Crippen molar-refractivity contribution < 1.29 is 14.7 Å². The van der Waals surface area contributed by atoms with Crippen LogP contribution in [0.5, 0.6) is 0 Å². The summed E-state index contributed by atoms with van der Waals surface area (Å²) in [6.07, 6.45) is 1.80. The fourth-order valence-electron chi connectivity index (χ4n) is 1.37. The van der Waals surface area contributed by atoms with Gasteiger partial charge in [0.05, 0.1) is 5.92 Å². The Morgan fingerprint density at radius 1 is 1.31 bits per heavy atom. The largest absolute Gasteiger partial charge is 0.481 e. The normalized spacial score (nSPS) is 12.1. The zero-order chi connectivity index (χ0) is 12.4. The van der Waals surface area contributed by atoms with Crippen LogP contribution in [0.25, 0.3) is 0 Å². The summed E-state index contributed by atoms with van der Waals surface area (Å²) in [6, 6.07) is 0. The van der Waals surface area contributed by atoms with E-state index in [-0.39, 0.29) is 12.5 Å². The van der Waals surface area contributed by atoms with Crippen LogP contribution >= 0.6 is 0 Å². The second-order valence-corrected chi connectivity index (χ2v) is 3.73. The van der Waals surface area contributed by atoms with Crippen molar-refractivity contribution >= 4 is 11.9 Å². The van der Waals surface area contributed by atoms with E-state index in [0.29, 0.717) is 19.4 Å². The van der Waals surface area contributed by atoms with Crippen LogP contribution in [0.4, 0.5) is 0 Å². The quantitative estimate of drug-likeness (QED) is 0.507. The average molecular weight is 230 g/mol. The lowest BCUT2D eigenvalue weighted by molar-refractivity contribution is -0.141. The van der Waals surface area contributed by atoms with Crippen molar-refractivity contribution in [3.8, 4) is 0 Å². The van der Waals surface area contributed by atoms with Crippen LogP contribution in [0.2, 0.25) is 0 Å². The highest BCUT2D eigenvalue weighted by atomic mass is 16.4. The zero-order valence-corrected chi connectivity index (χ0v) is 10.1. The minimum Gasteiger partial charge on any atom is -0.481 e. The summed E-state index contributed by atoms with van der Waals surface area (Å²) in [6.45, 7) is 5.60. The van der Waals surface area contributed by atoms with E-state index in [9.17, 15) is 9.59 Å². The lowest BCUT2D eigenvalue weighted by atomic mass is 10.0. The summed E-state index contributed by atoms with van der Waals surface area (Å²) in [4.78, 5) is 22.1. The van der Waals surface area contributed by atoms with Gasteiger partial charge in [0, 0.05) is 19.5 Å². The predicted octanol–water partition coefficient (Wildman–Crippen LogP) is 0.603. The van der Waals surface area contributed by atoms with Crippen molar-refractivity contribution in [3.05, 3.63) is 0 Å². The predicted molar refractivity (Wildman–Crippen MR) is 62.2 cm³/mol. The molecule has 0 rings (SSSR count). The van der Waals surface area contributed by atoms with Crippen molar-refractivity contribution in [1.82, 2.24) is 10.6 Å². The highest BCUT2D eigenvalue weighted by Crippen LogP contribution is 2.04. The Bertz CT molecular complexity index is 219. The number of nitrogens with one attached hydrogen (secondary N) is 2. The highest BCUT2D eigenvalue weighted by Gasteiger charge is 2.16. The summed E-state index contributed by atoms with van der Waals surface area (Å²) in [7, 11) is 0. The molecule has 1 unspecified atom stereocenters. The number of carbonyl (C=O) groups excluding carboxylic acids is 1. The van der Waals surface area contributed by atoms with Gasteiger partial charge in [-0.2, -0.15) is 0 Å². The minimum absolute atomic E-state index is 0.0942. The number of hydrogen-bond acceptors (Lipinski definition) is 3. The third-order valence-corrected chi connectivity index (χ3v) is 2.31. The molecule has 0 fully saturated rings. The van der Waals surface area contributed by atoms with E-state index in [1.165, 1.54) is 0 Å². The first-order chi connectivity index (χ1) is 7.61. The second kappa shape index (κ2) is 9.15. The maximum atomic E-state index is 11.3. The molecule has 0 aliphatic carbocycles. The highest BCUT2D eigenvalue weighted by molar-refractivity contribution is 5.77. The van der Waals surface area contributed by atoms with Crippen LogP contribution in [0.15, 0.2) is 0 Å². The maximum Gasteiger partial charge on any atom is 0.308 e. The van der Waals surface area contributed by atoms with Crippen LogP contribution in [0, 0.1) is 5.92 Å². The van der Waals surface area contributed by atoms with E-state index >= 15 is 0 Å². The summed E-state index contributed by atoms with van der Waals surface area (Å²) in [5.41, 5.74) is 0. The SMILES string of the molecule is CCCC(CNC(=O)CCNCC)C(=O)O. The Morgan fingerprint density at radius 2 is 2.00 bits per heavy atom. The molecule has 0 saturated carbocycles. The molecule has 5 heteroatoms. The molecule has 3 N–H and O–H groups in total. The third kappa shape index (κ3) is 7.23. The molecule has 94 valence electrons. The van der Waals surface area contributed by atoms with E-state index in [1.807, 2.05) is 13.8 Å². The van der Waals surface area contributed by atoms with Gasteiger partial charge in [-0.3, -0.25) is 9.59 Å². The molecule has 0 aromatic carbocycles. The molecular weight excluding hydrogens is 208 g/mol. The summed E-state index contributed by atoms with van der Waals surface area (Å²) >= 11 is 0. The molecule has 0 aromatic heterocycles. The molecule has 5 nitrogen and oxygen atoms in total. The van der Waals surface area contributed by atoms with Gasteiger partial charge in [0.25, 0.3) is 0 Å². The lowest BCUT2D eigenvalue weighted by Gasteiger charge is -2.12. The van der Waals surface area contributed by atoms with E-state index < -0.39 is 11.9 Å². The van der Waals surface area contributed by atoms with Gasteiger partial charge in [0.2, 0.25) is 5.91 Å². The number of aliphatic carboxylic acids is 1. The van der Waals surface area contributed by atoms with Crippen molar-refractivity contribution in [2.24, 2.45) is 5.92 Å². The Morgan fingerprint density at radius 3 is 2.50 bits per heavy atom. The summed E-state index contributed by atoms with van der Waals surface area (Å²) in [5, 5.41) is 14.6. The minimum atomic E-state index is -0.839. The first kappa shape index (κ1) is 14.9. The zero-order valence-electron chi connectivity index (χ0n) is 10.1. The van der Waals surface area contributed by atoms with Crippen LogP contribution in [-0.2, 0) is 9.59 Å². The molecular formula is C11H22N2O3. The van der Waals surface area contributed by atoms with Gasteiger partial charge >= 0.3 is 5.97 Å². The van der Waals surface area contributed by atoms with Crippen molar-refractivity contribution in [2.75, 3.05) is 19.6 Å². The van der Waals surface area contributed by atoms with Gasteiger partial charge in [-0.05, 0) is 13.0 Å². The standard InChI is InChI=1S/C11H22N2O3/c1-3-5-9(11(15)16)8-13-10(14)6-7-12-4-2/h9,12H,3-8H2,1-2H3,(H,13,14)(H,15,16). The molecule has 1 atom stereocenters. The molecule has 0 saturated heterocycles. The Hall–Kier alpha value is -1.10. The fourth-order valence-corrected chi connectivity index (χ4v) is 1.37. The number of carboxylic acids is 1. The number of rotatable bonds is 9. The molecule has 0 spiro atoms. The molecule has 0 bridgehead atoms. The topological polar surface area (TPSA) is 78.4 Å². The van der Waals surface area contributed by atoms with E-state index in [4.69, 9.17) is 5.11 Å². The van der Waals surface area contributed by atoms with Crippen LogP contribution in [0.1, 0.15) is 33.1 Å². The van der Waals surface area contributed by atoms with Crippen LogP contribution in [-0.4, -0.2) is 36.6 Å². The Labute approximate surface area is 96.6 Å². The van der Waals surface area contributed by atoms with E-state index in [1.54, 1.807) is 0 Å². The molecule has 1 amide bonds. The summed E-state index contributed by atoms with van der Waals surface area (Å²) in [5.74, 6) is -1.40. The van der Waals surface area contributed by atoms with Gasteiger partial charge in [-0.1, -0.05) is 20.3 Å². The van der Waals surface area contributed by atoms with Gasteiger partial charge in [0.1, 0.15) is 0 Å². The first-order valence-electron chi connectivity index (χ1n) is 5.82. The monoisotopic (exact) mass is 230 g/mol. The van der Waals surface area contributed by atoms with Crippen LogP contribution < -0.4 is 10.6 Å². The van der Waals surface area contributed by atoms with E-state index in [0.717, 1.165) is 13.0 Å². The number of carboxylic acid groups (broad SMARTS) is 1. The summed E-state index contributed by atoms with van der Waals surface area (Å²) < 4.78 is 0. The van der Waals surface area contributed by atoms with Gasteiger partial charge in [-0.15, -0.1) is 0 Å². The molecule has 0 heterocycles. The Kier molecular flexibility index (Phi) is 8.52.